The van der Waals surface area contributed by atoms with Gasteiger partial charge in [0, 0.05) is 6.42 Å². The predicted molar refractivity (Wildman–Crippen MR) is 184 cm³/mol. The Labute approximate surface area is 271 Å². The molecule has 0 heterocycles. The van der Waals surface area contributed by atoms with E-state index in [9.17, 15) is 19.5 Å². The summed E-state index contributed by atoms with van der Waals surface area (Å²) in [5, 5.41) is 12.1. The van der Waals surface area contributed by atoms with Gasteiger partial charge in [-0.15, -0.1) is 0 Å². The average molecular weight is 625 g/mol. The number of carbonyl (C=O) groups is 3. The van der Waals surface area contributed by atoms with Gasteiger partial charge in [-0.3, -0.25) is 9.59 Å². The van der Waals surface area contributed by atoms with Crippen molar-refractivity contribution >= 4 is 17.8 Å². The second-order valence-corrected chi connectivity index (χ2v) is 14.0. The number of nitrogens with one attached hydrogen (secondary N) is 1. The molecule has 0 aliphatic rings. The summed E-state index contributed by atoms with van der Waals surface area (Å²) in [4.78, 5) is 36.9. The van der Waals surface area contributed by atoms with Gasteiger partial charge >= 0.3 is 11.9 Å². The fraction of sp³-hybridized carbons (Fsp3) is 0.919. The molecule has 0 bridgehead atoms. The molecule has 44 heavy (non-hydrogen) atoms. The summed E-state index contributed by atoms with van der Waals surface area (Å²) in [6.07, 6.45) is 25.6. The summed E-state index contributed by atoms with van der Waals surface area (Å²) in [7, 11) is 0. The monoisotopic (exact) mass is 625 g/mol. The van der Waals surface area contributed by atoms with Gasteiger partial charge in [-0.25, -0.2) is 4.79 Å². The van der Waals surface area contributed by atoms with Crippen LogP contribution < -0.4 is 11.1 Å². The van der Waals surface area contributed by atoms with Crippen molar-refractivity contribution in [2.24, 2.45) is 17.6 Å². The smallest absolute Gasteiger partial charge is 0.326 e. The van der Waals surface area contributed by atoms with Crippen LogP contribution in [-0.2, 0) is 19.1 Å². The molecule has 0 saturated heterocycles. The van der Waals surface area contributed by atoms with Crippen LogP contribution in [0, 0.1) is 11.8 Å². The lowest BCUT2D eigenvalue weighted by Crippen LogP contribution is -2.42. The molecular formula is C37H72N2O5. The third-order valence-electron chi connectivity index (χ3n) is 8.51. The molecule has 7 heteroatoms. The van der Waals surface area contributed by atoms with Crippen LogP contribution in [0.2, 0.25) is 0 Å². The number of carbonyl (C=O) groups excluding carboxylic acids is 2. The van der Waals surface area contributed by atoms with E-state index in [0.29, 0.717) is 25.8 Å². The molecule has 0 aromatic rings. The van der Waals surface area contributed by atoms with Crippen molar-refractivity contribution in [1.82, 2.24) is 5.32 Å². The molecule has 4 N–H and O–H groups in total. The predicted octanol–water partition coefficient (Wildman–Crippen LogP) is 9.49. The third kappa shape index (κ3) is 29.1. The first-order chi connectivity index (χ1) is 21.1. The molecule has 0 radical (unpaired) electrons. The molecular weight excluding hydrogens is 552 g/mol. The molecule has 0 aromatic carbocycles. The Bertz CT molecular complexity index is 697. The molecule has 0 saturated carbocycles. The van der Waals surface area contributed by atoms with Gasteiger partial charge < -0.3 is 20.9 Å². The lowest BCUT2D eigenvalue weighted by atomic mass is 10.0. The van der Waals surface area contributed by atoms with Crippen LogP contribution in [-0.4, -0.2) is 41.6 Å². The highest BCUT2D eigenvalue weighted by Gasteiger charge is 2.23. The maximum absolute atomic E-state index is 12.7. The normalized spacial score (nSPS) is 12.9. The lowest BCUT2D eigenvalue weighted by molar-refractivity contribution is -0.151. The number of rotatable bonds is 32. The van der Waals surface area contributed by atoms with E-state index in [0.717, 1.165) is 50.4 Å². The molecule has 7 nitrogen and oxygen atoms in total. The van der Waals surface area contributed by atoms with E-state index >= 15 is 0 Å². The Morgan fingerprint density at radius 3 is 1.41 bits per heavy atom. The van der Waals surface area contributed by atoms with Crippen LogP contribution in [0.15, 0.2) is 0 Å². The summed E-state index contributed by atoms with van der Waals surface area (Å²) in [6.45, 7) is 9.52. The zero-order chi connectivity index (χ0) is 32.8. The van der Waals surface area contributed by atoms with Crippen LogP contribution in [0.1, 0.15) is 188 Å². The zero-order valence-corrected chi connectivity index (χ0v) is 29.4. The standard InChI is InChI=1S/C37H72N2O5/c1-31(2)24-19-15-11-7-5-9-13-17-21-26-33(30-35(40)39-34(37(42)43)27-23-29-38)44-36(41)28-22-18-14-10-6-8-12-16-20-25-32(3)4/h31-34H,5-30,38H2,1-4H3,(H,39,40)(H,42,43). The van der Waals surface area contributed by atoms with Crippen LogP contribution in [0.25, 0.3) is 0 Å². The van der Waals surface area contributed by atoms with Gasteiger partial charge in [-0.1, -0.05) is 143 Å². The number of carboxylic acid groups (broad SMARTS) is 1. The van der Waals surface area contributed by atoms with E-state index in [2.05, 4.69) is 33.0 Å². The Morgan fingerprint density at radius 2 is 1.00 bits per heavy atom. The Morgan fingerprint density at radius 1 is 0.591 bits per heavy atom. The van der Waals surface area contributed by atoms with Gasteiger partial charge in [0.15, 0.2) is 0 Å². The molecule has 2 atom stereocenters. The fourth-order valence-corrected chi connectivity index (χ4v) is 5.71. The highest BCUT2D eigenvalue weighted by atomic mass is 16.5. The van der Waals surface area contributed by atoms with E-state index in [1.807, 2.05) is 0 Å². The zero-order valence-electron chi connectivity index (χ0n) is 29.4. The molecule has 2 unspecified atom stereocenters. The molecule has 1 amide bonds. The quantitative estimate of drug-likeness (QED) is 0.0507. The number of hydrogen-bond donors (Lipinski definition) is 3. The van der Waals surface area contributed by atoms with E-state index in [1.54, 1.807) is 0 Å². The van der Waals surface area contributed by atoms with Gasteiger partial charge in [-0.2, -0.15) is 0 Å². The molecule has 0 aliphatic carbocycles. The van der Waals surface area contributed by atoms with Crippen molar-refractivity contribution in [3.05, 3.63) is 0 Å². The van der Waals surface area contributed by atoms with E-state index in [4.69, 9.17) is 10.5 Å². The van der Waals surface area contributed by atoms with Crippen LogP contribution >= 0.6 is 0 Å². The first kappa shape index (κ1) is 42.4. The van der Waals surface area contributed by atoms with Crippen molar-refractivity contribution in [3.8, 4) is 0 Å². The Kier molecular flexibility index (Phi) is 28.9. The van der Waals surface area contributed by atoms with E-state index < -0.39 is 18.1 Å². The number of hydrogen-bond acceptors (Lipinski definition) is 5. The lowest BCUT2D eigenvalue weighted by Gasteiger charge is -2.20. The Balaban J connectivity index is 4.40. The second kappa shape index (κ2) is 30.0. The average Bonchev–Trinajstić information content (AvgIpc) is 2.96. The molecule has 260 valence electrons. The maximum atomic E-state index is 12.7. The number of esters is 1. The first-order valence-electron chi connectivity index (χ1n) is 18.6. The topological polar surface area (TPSA) is 119 Å². The van der Waals surface area contributed by atoms with Gasteiger partial charge in [0.2, 0.25) is 5.91 Å². The highest BCUT2D eigenvalue weighted by molar-refractivity contribution is 5.84. The van der Waals surface area contributed by atoms with Crippen LogP contribution in [0.4, 0.5) is 0 Å². The third-order valence-corrected chi connectivity index (χ3v) is 8.51. The first-order valence-corrected chi connectivity index (χ1v) is 18.6. The SMILES string of the molecule is CC(C)CCCCCCCCCCCC(=O)OC(CCCCCCCCCCCC(C)C)CC(=O)NC(CCCN)C(=O)O. The van der Waals surface area contributed by atoms with Gasteiger partial charge in [0.05, 0.1) is 6.42 Å². The van der Waals surface area contributed by atoms with Gasteiger partial charge in [0.25, 0.3) is 0 Å². The maximum Gasteiger partial charge on any atom is 0.326 e. The van der Waals surface area contributed by atoms with Crippen molar-refractivity contribution in [3.63, 3.8) is 0 Å². The van der Waals surface area contributed by atoms with Crippen molar-refractivity contribution in [2.75, 3.05) is 6.54 Å². The minimum absolute atomic E-state index is 0.00565. The summed E-state index contributed by atoms with van der Waals surface area (Å²) in [5.74, 6) is -0.0878. The number of carboxylic acids is 1. The molecule has 0 aromatic heterocycles. The second-order valence-electron chi connectivity index (χ2n) is 14.0. The molecule has 0 spiro atoms. The molecule has 0 fully saturated rings. The summed E-state index contributed by atoms with van der Waals surface area (Å²) >= 11 is 0. The van der Waals surface area contributed by atoms with Crippen molar-refractivity contribution in [2.45, 2.75) is 200 Å². The molecule has 0 rings (SSSR count). The molecule has 0 aliphatic heterocycles. The van der Waals surface area contributed by atoms with Gasteiger partial charge in [-0.05, 0) is 50.5 Å². The van der Waals surface area contributed by atoms with Crippen molar-refractivity contribution in [1.29, 1.82) is 0 Å². The van der Waals surface area contributed by atoms with Crippen molar-refractivity contribution < 1.29 is 24.2 Å². The minimum atomic E-state index is -1.06. The number of ether oxygens (including phenoxy) is 1. The largest absolute Gasteiger partial charge is 0.480 e. The highest BCUT2D eigenvalue weighted by Crippen LogP contribution is 2.18. The van der Waals surface area contributed by atoms with E-state index in [-0.39, 0.29) is 24.7 Å². The summed E-state index contributed by atoms with van der Waals surface area (Å²) in [5.41, 5.74) is 5.52. The van der Waals surface area contributed by atoms with Gasteiger partial charge in [0.1, 0.15) is 12.1 Å². The number of nitrogens with two attached hydrogens (primary N) is 1. The van der Waals surface area contributed by atoms with Crippen LogP contribution in [0.3, 0.4) is 0 Å². The number of amides is 1. The van der Waals surface area contributed by atoms with Crippen LogP contribution in [0.5, 0.6) is 0 Å². The fourth-order valence-electron chi connectivity index (χ4n) is 5.71. The minimum Gasteiger partial charge on any atom is -0.480 e. The number of unbranched alkanes of at least 4 members (excludes halogenated alkanes) is 16. The van der Waals surface area contributed by atoms with E-state index in [1.165, 1.54) is 89.9 Å². The summed E-state index contributed by atoms with van der Waals surface area (Å²) in [6, 6.07) is -0.965. The summed E-state index contributed by atoms with van der Waals surface area (Å²) < 4.78 is 5.78. The Hall–Kier alpha value is -1.63. The number of aliphatic carboxylic acids is 1.